The monoisotopic (exact) mass is 456 g/mol. The minimum atomic E-state index is -3.77. The van der Waals surface area contributed by atoms with Crippen molar-refractivity contribution in [3.8, 4) is 0 Å². The SMILES string of the molecule is CC(NC(=O)c1ccc(S(=O)(=O)N2CCCc3ccccc32)cc1)c1ccc(F)c(F)c1. The lowest BCUT2D eigenvalue weighted by molar-refractivity contribution is 0.0939. The second-order valence-corrected chi connectivity index (χ2v) is 9.56. The Balaban J connectivity index is 1.51. The Morgan fingerprint density at radius 1 is 1.00 bits per heavy atom. The first-order valence-electron chi connectivity index (χ1n) is 10.2. The van der Waals surface area contributed by atoms with Crippen LogP contribution in [0.15, 0.2) is 71.6 Å². The summed E-state index contributed by atoms with van der Waals surface area (Å²) >= 11 is 0. The first-order valence-corrected chi connectivity index (χ1v) is 11.7. The molecule has 166 valence electrons. The number of nitrogens with zero attached hydrogens (tertiary/aromatic N) is 1. The molecule has 0 spiro atoms. The Morgan fingerprint density at radius 3 is 2.44 bits per heavy atom. The predicted octanol–water partition coefficient (Wildman–Crippen LogP) is 4.60. The molecule has 4 rings (SSSR count). The number of anilines is 1. The van der Waals surface area contributed by atoms with Crippen molar-refractivity contribution in [3.63, 3.8) is 0 Å². The van der Waals surface area contributed by atoms with E-state index in [1.165, 1.54) is 34.6 Å². The number of nitrogens with one attached hydrogen (secondary N) is 1. The molecule has 3 aromatic carbocycles. The highest BCUT2D eigenvalue weighted by atomic mass is 32.2. The molecule has 1 N–H and O–H groups in total. The van der Waals surface area contributed by atoms with Crippen molar-refractivity contribution in [2.75, 3.05) is 10.8 Å². The van der Waals surface area contributed by atoms with Gasteiger partial charge in [0.2, 0.25) is 0 Å². The van der Waals surface area contributed by atoms with Gasteiger partial charge in [-0.25, -0.2) is 17.2 Å². The zero-order chi connectivity index (χ0) is 22.9. The van der Waals surface area contributed by atoms with Crippen molar-refractivity contribution >= 4 is 21.6 Å². The molecular formula is C24H22F2N2O3S. The Kier molecular flexibility index (Phi) is 5.97. The van der Waals surface area contributed by atoms with E-state index in [0.717, 1.165) is 30.5 Å². The van der Waals surface area contributed by atoms with Crippen LogP contribution in [0, 0.1) is 11.6 Å². The lowest BCUT2D eigenvalue weighted by Gasteiger charge is -2.30. The van der Waals surface area contributed by atoms with Crippen molar-refractivity contribution in [2.45, 2.75) is 30.7 Å². The highest BCUT2D eigenvalue weighted by Crippen LogP contribution is 2.31. The van der Waals surface area contributed by atoms with Gasteiger partial charge in [0.15, 0.2) is 11.6 Å². The molecule has 0 saturated heterocycles. The van der Waals surface area contributed by atoms with E-state index in [4.69, 9.17) is 0 Å². The van der Waals surface area contributed by atoms with Crippen molar-refractivity contribution in [3.05, 3.63) is 95.1 Å². The zero-order valence-electron chi connectivity index (χ0n) is 17.4. The third-order valence-corrected chi connectivity index (χ3v) is 7.39. The van der Waals surface area contributed by atoms with E-state index >= 15 is 0 Å². The number of carbonyl (C=O) groups is 1. The van der Waals surface area contributed by atoms with E-state index in [9.17, 15) is 22.0 Å². The van der Waals surface area contributed by atoms with Crippen LogP contribution in [-0.4, -0.2) is 20.9 Å². The molecule has 1 aliphatic rings. The molecule has 1 amide bonds. The van der Waals surface area contributed by atoms with E-state index in [1.54, 1.807) is 13.0 Å². The number of halogens is 2. The fourth-order valence-electron chi connectivity index (χ4n) is 3.80. The molecule has 0 saturated carbocycles. The average molecular weight is 457 g/mol. The standard InChI is InChI=1S/C24H22F2N2O3S/c1-16(19-10-13-21(25)22(26)15-19)27-24(29)18-8-11-20(12-9-18)32(30,31)28-14-4-6-17-5-2-3-7-23(17)28/h2-3,5,7-13,15-16H,4,6,14H2,1H3,(H,27,29). The summed E-state index contributed by atoms with van der Waals surface area (Å²) in [6.45, 7) is 2.05. The number of hydrogen-bond donors (Lipinski definition) is 1. The minimum Gasteiger partial charge on any atom is -0.346 e. The van der Waals surface area contributed by atoms with Gasteiger partial charge in [-0.2, -0.15) is 0 Å². The van der Waals surface area contributed by atoms with E-state index < -0.39 is 33.6 Å². The maximum atomic E-state index is 13.5. The number of rotatable bonds is 5. The third kappa shape index (κ3) is 4.23. The van der Waals surface area contributed by atoms with Crippen molar-refractivity contribution in [1.82, 2.24) is 5.32 Å². The van der Waals surface area contributed by atoms with E-state index in [2.05, 4.69) is 5.32 Å². The Hall–Kier alpha value is -3.26. The Labute approximate surface area is 185 Å². The van der Waals surface area contributed by atoms with Crippen LogP contribution in [0.25, 0.3) is 0 Å². The maximum Gasteiger partial charge on any atom is 0.264 e. The minimum absolute atomic E-state index is 0.0967. The fraction of sp³-hybridized carbons (Fsp3) is 0.208. The Bertz CT molecular complexity index is 1260. The number of carbonyl (C=O) groups excluding carboxylic acids is 1. The number of fused-ring (bicyclic) bond motifs is 1. The molecule has 8 heteroatoms. The van der Waals surface area contributed by atoms with Crippen LogP contribution >= 0.6 is 0 Å². The smallest absolute Gasteiger partial charge is 0.264 e. The van der Waals surface area contributed by atoms with Crippen molar-refractivity contribution in [2.24, 2.45) is 0 Å². The van der Waals surface area contributed by atoms with Gasteiger partial charge in [0.05, 0.1) is 16.6 Å². The Morgan fingerprint density at radius 2 is 1.72 bits per heavy atom. The second kappa shape index (κ2) is 8.70. The van der Waals surface area contributed by atoms with Gasteiger partial charge in [0.25, 0.3) is 15.9 Å². The molecule has 1 unspecified atom stereocenters. The van der Waals surface area contributed by atoms with Gasteiger partial charge in [-0.3, -0.25) is 9.10 Å². The van der Waals surface area contributed by atoms with Gasteiger partial charge in [0, 0.05) is 12.1 Å². The number of amides is 1. The maximum absolute atomic E-state index is 13.5. The van der Waals surface area contributed by atoms with Crippen LogP contribution in [-0.2, 0) is 16.4 Å². The summed E-state index contributed by atoms with van der Waals surface area (Å²) in [6.07, 6.45) is 1.57. The quantitative estimate of drug-likeness (QED) is 0.610. The summed E-state index contributed by atoms with van der Waals surface area (Å²) in [6, 6.07) is 16.0. The van der Waals surface area contributed by atoms with Crippen LogP contribution < -0.4 is 9.62 Å². The molecular weight excluding hydrogens is 434 g/mol. The molecule has 0 aromatic heterocycles. The van der Waals surface area contributed by atoms with Gasteiger partial charge in [0.1, 0.15) is 0 Å². The van der Waals surface area contributed by atoms with Gasteiger partial charge in [-0.1, -0.05) is 24.3 Å². The molecule has 0 fully saturated rings. The summed E-state index contributed by atoms with van der Waals surface area (Å²) in [5.74, 6) is -2.40. The number of benzene rings is 3. The summed E-state index contributed by atoms with van der Waals surface area (Å²) in [5.41, 5.74) is 2.35. The van der Waals surface area contributed by atoms with Gasteiger partial charge >= 0.3 is 0 Å². The largest absolute Gasteiger partial charge is 0.346 e. The molecule has 3 aromatic rings. The van der Waals surface area contributed by atoms with Gasteiger partial charge < -0.3 is 5.32 Å². The molecule has 5 nitrogen and oxygen atoms in total. The zero-order valence-corrected chi connectivity index (χ0v) is 18.2. The van der Waals surface area contributed by atoms with E-state index in [0.29, 0.717) is 17.8 Å². The molecule has 1 atom stereocenters. The lowest BCUT2D eigenvalue weighted by atomic mass is 10.0. The highest BCUT2D eigenvalue weighted by molar-refractivity contribution is 7.92. The molecule has 32 heavy (non-hydrogen) atoms. The fourth-order valence-corrected chi connectivity index (χ4v) is 5.34. The summed E-state index contributed by atoms with van der Waals surface area (Å²) < 4.78 is 54.4. The van der Waals surface area contributed by atoms with Gasteiger partial charge in [-0.05, 0) is 73.4 Å². The third-order valence-electron chi connectivity index (χ3n) is 5.56. The normalized spacial score (nSPS) is 14.5. The number of para-hydroxylation sites is 1. The van der Waals surface area contributed by atoms with Crippen LogP contribution in [0.2, 0.25) is 0 Å². The van der Waals surface area contributed by atoms with Crippen LogP contribution in [0.3, 0.4) is 0 Å². The summed E-state index contributed by atoms with van der Waals surface area (Å²) in [5, 5.41) is 2.71. The van der Waals surface area contributed by atoms with E-state index in [1.807, 2.05) is 18.2 Å². The molecule has 0 aliphatic carbocycles. The van der Waals surface area contributed by atoms with Gasteiger partial charge in [-0.15, -0.1) is 0 Å². The summed E-state index contributed by atoms with van der Waals surface area (Å²) in [7, 11) is -3.77. The van der Waals surface area contributed by atoms with Crippen LogP contribution in [0.4, 0.5) is 14.5 Å². The molecule has 1 heterocycles. The lowest BCUT2D eigenvalue weighted by Crippen LogP contribution is -2.35. The number of hydrogen-bond acceptors (Lipinski definition) is 3. The second-order valence-electron chi connectivity index (χ2n) is 7.70. The molecule has 0 radical (unpaired) electrons. The number of sulfonamides is 1. The number of aryl methyl sites for hydroxylation is 1. The summed E-state index contributed by atoms with van der Waals surface area (Å²) in [4.78, 5) is 12.7. The first-order chi connectivity index (χ1) is 15.3. The predicted molar refractivity (Wildman–Crippen MR) is 118 cm³/mol. The first kappa shape index (κ1) is 22.0. The molecule has 1 aliphatic heterocycles. The van der Waals surface area contributed by atoms with Crippen molar-refractivity contribution in [1.29, 1.82) is 0 Å². The molecule has 0 bridgehead atoms. The van der Waals surface area contributed by atoms with Crippen molar-refractivity contribution < 1.29 is 22.0 Å². The average Bonchev–Trinajstić information content (AvgIpc) is 2.80. The topological polar surface area (TPSA) is 66.5 Å². The van der Waals surface area contributed by atoms with Crippen LogP contribution in [0.1, 0.15) is 40.9 Å². The van der Waals surface area contributed by atoms with Crippen LogP contribution in [0.5, 0.6) is 0 Å². The highest BCUT2D eigenvalue weighted by Gasteiger charge is 2.29. The van der Waals surface area contributed by atoms with E-state index in [-0.39, 0.29) is 10.5 Å².